The Labute approximate surface area is 120 Å². The van der Waals surface area contributed by atoms with Gasteiger partial charge in [-0.05, 0) is 25.5 Å². The summed E-state index contributed by atoms with van der Waals surface area (Å²) in [5.74, 6) is -0.707. The highest BCUT2D eigenvalue weighted by atomic mass is 35.5. The second-order valence-corrected chi connectivity index (χ2v) is 4.87. The maximum Gasteiger partial charge on any atom is 0.405 e. The monoisotopic (exact) mass is 308 g/mol. The first-order chi connectivity index (χ1) is 9.20. The van der Waals surface area contributed by atoms with Crippen LogP contribution in [0.25, 0.3) is 0 Å². The van der Waals surface area contributed by atoms with Gasteiger partial charge in [-0.15, -0.1) is 0 Å². The van der Waals surface area contributed by atoms with E-state index in [1.807, 2.05) is 5.32 Å². The summed E-state index contributed by atoms with van der Waals surface area (Å²) in [4.78, 5) is 11.5. The summed E-state index contributed by atoms with van der Waals surface area (Å²) in [6.45, 7) is 1.95. The van der Waals surface area contributed by atoms with Crippen LogP contribution in [0.2, 0.25) is 5.02 Å². The van der Waals surface area contributed by atoms with Crippen molar-refractivity contribution >= 4 is 17.5 Å². The Balaban J connectivity index is 2.55. The largest absolute Gasteiger partial charge is 0.405 e. The molecule has 0 fully saturated rings. The molecule has 0 saturated carbocycles. The third-order valence-corrected chi connectivity index (χ3v) is 3.07. The van der Waals surface area contributed by atoms with Crippen molar-refractivity contribution in [2.75, 3.05) is 6.54 Å². The molecule has 1 unspecified atom stereocenters. The number of rotatable bonds is 5. The third-order valence-electron chi connectivity index (χ3n) is 2.73. The molecular formula is C13H16ClF3N2O. The molecule has 1 aromatic rings. The van der Waals surface area contributed by atoms with Crippen LogP contribution >= 0.6 is 11.6 Å². The number of benzene rings is 1. The van der Waals surface area contributed by atoms with Gasteiger partial charge in [0.1, 0.15) is 6.54 Å². The van der Waals surface area contributed by atoms with E-state index in [4.69, 9.17) is 11.6 Å². The molecule has 7 heteroatoms. The highest BCUT2D eigenvalue weighted by Gasteiger charge is 2.29. The van der Waals surface area contributed by atoms with E-state index in [1.165, 1.54) is 6.92 Å². The van der Waals surface area contributed by atoms with Crippen LogP contribution in [0.1, 0.15) is 25.5 Å². The van der Waals surface area contributed by atoms with Gasteiger partial charge in [0, 0.05) is 11.1 Å². The van der Waals surface area contributed by atoms with Gasteiger partial charge in [-0.1, -0.05) is 29.8 Å². The zero-order chi connectivity index (χ0) is 15.3. The molecule has 2 N–H and O–H groups in total. The number of carbonyl (C=O) groups excluding carboxylic acids is 1. The van der Waals surface area contributed by atoms with Crippen LogP contribution in [0, 0.1) is 0 Å². The molecule has 0 radical (unpaired) electrons. The van der Waals surface area contributed by atoms with Crippen LogP contribution in [-0.2, 0) is 4.79 Å². The van der Waals surface area contributed by atoms with Gasteiger partial charge in [0.2, 0.25) is 5.91 Å². The zero-order valence-corrected chi connectivity index (χ0v) is 11.8. The minimum atomic E-state index is -4.41. The fraction of sp³-hybridized carbons (Fsp3) is 0.462. The fourth-order valence-corrected chi connectivity index (χ4v) is 2.01. The summed E-state index contributed by atoms with van der Waals surface area (Å²) in [5.41, 5.74) is 0.782. The van der Waals surface area contributed by atoms with E-state index < -0.39 is 24.7 Å². The lowest BCUT2D eigenvalue weighted by Crippen LogP contribution is -2.45. The van der Waals surface area contributed by atoms with E-state index >= 15 is 0 Å². The van der Waals surface area contributed by atoms with E-state index in [0.717, 1.165) is 5.56 Å². The average molecular weight is 309 g/mol. The standard InChI is InChI=1S/C13H16ClF3N2O/c1-8(10-5-3-4-6-11(10)14)19-9(2)12(20)18-7-13(15,16)17/h3-6,8-9,19H,7H2,1-2H3,(H,18,20)/t8-,9?/m1/s1. The van der Waals surface area contributed by atoms with Gasteiger partial charge in [0.05, 0.1) is 6.04 Å². The second kappa shape index (κ2) is 6.95. The molecule has 0 aliphatic carbocycles. The van der Waals surface area contributed by atoms with Crippen LogP contribution in [0.4, 0.5) is 13.2 Å². The van der Waals surface area contributed by atoms with Crippen LogP contribution in [0.5, 0.6) is 0 Å². The number of hydrogen-bond donors (Lipinski definition) is 2. The number of alkyl halides is 3. The van der Waals surface area contributed by atoms with Crippen molar-refractivity contribution in [3.8, 4) is 0 Å². The topological polar surface area (TPSA) is 41.1 Å². The van der Waals surface area contributed by atoms with Crippen LogP contribution < -0.4 is 10.6 Å². The van der Waals surface area contributed by atoms with Gasteiger partial charge < -0.3 is 5.32 Å². The Bertz CT molecular complexity index is 465. The molecule has 0 heterocycles. The molecule has 20 heavy (non-hydrogen) atoms. The molecule has 1 aromatic carbocycles. The lowest BCUT2D eigenvalue weighted by atomic mass is 10.1. The summed E-state index contributed by atoms with van der Waals surface area (Å²) < 4.78 is 36.0. The predicted molar refractivity (Wildman–Crippen MR) is 71.5 cm³/mol. The fourth-order valence-electron chi connectivity index (χ4n) is 1.71. The van der Waals surface area contributed by atoms with Crippen molar-refractivity contribution in [3.05, 3.63) is 34.9 Å². The second-order valence-electron chi connectivity index (χ2n) is 4.46. The molecule has 1 rings (SSSR count). The van der Waals surface area contributed by atoms with E-state index in [2.05, 4.69) is 5.32 Å². The molecule has 0 aromatic heterocycles. The number of halogens is 4. The highest BCUT2D eigenvalue weighted by molar-refractivity contribution is 6.31. The molecular weight excluding hydrogens is 293 g/mol. The zero-order valence-electron chi connectivity index (χ0n) is 11.1. The molecule has 0 aliphatic heterocycles. The van der Waals surface area contributed by atoms with Gasteiger partial charge in [-0.3, -0.25) is 10.1 Å². The molecule has 0 aliphatic rings. The Morgan fingerprint density at radius 3 is 2.45 bits per heavy atom. The Morgan fingerprint density at radius 1 is 1.30 bits per heavy atom. The first kappa shape index (κ1) is 16.8. The lowest BCUT2D eigenvalue weighted by molar-refractivity contribution is -0.139. The number of carbonyl (C=O) groups is 1. The minimum Gasteiger partial charge on any atom is -0.346 e. The maximum absolute atomic E-state index is 12.0. The third kappa shape index (κ3) is 5.38. The molecule has 112 valence electrons. The molecule has 3 nitrogen and oxygen atoms in total. The molecule has 1 amide bonds. The van der Waals surface area contributed by atoms with Crippen molar-refractivity contribution in [1.82, 2.24) is 10.6 Å². The number of hydrogen-bond acceptors (Lipinski definition) is 2. The average Bonchev–Trinajstić information content (AvgIpc) is 2.35. The number of nitrogens with one attached hydrogen (secondary N) is 2. The van der Waals surface area contributed by atoms with Crippen molar-refractivity contribution in [2.45, 2.75) is 32.1 Å². The Kier molecular flexibility index (Phi) is 5.83. The lowest BCUT2D eigenvalue weighted by Gasteiger charge is -2.21. The first-order valence-electron chi connectivity index (χ1n) is 6.05. The van der Waals surface area contributed by atoms with E-state index in [9.17, 15) is 18.0 Å². The first-order valence-corrected chi connectivity index (χ1v) is 6.43. The smallest absolute Gasteiger partial charge is 0.346 e. The van der Waals surface area contributed by atoms with Crippen molar-refractivity contribution in [2.24, 2.45) is 0 Å². The quantitative estimate of drug-likeness (QED) is 0.878. The van der Waals surface area contributed by atoms with Crippen molar-refractivity contribution in [3.63, 3.8) is 0 Å². The SMILES string of the molecule is CC(N[C@H](C)c1ccccc1Cl)C(=O)NCC(F)(F)F. The van der Waals surface area contributed by atoms with E-state index in [-0.39, 0.29) is 6.04 Å². The maximum atomic E-state index is 12.0. The van der Waals surface area contributed by atoms with Crippen LogP contribution in [-0.4, -0.2) is 24.7 Å². The summed E-state index contributed by atoms with van der Waals surface area (Å²) in [6.07, 6.45) is -4.41. The Hall–Kier alpha value is -1.27. The number of amides is 1. The summed E-state index contributed by atoms with van der Waals surface area (Å²) >= 11 is 6.01. The molecule has 0 spiro atoms. The molecule has 0 saturated heterocycles. The van der Waals surface area contributed by atoms with Crippen molar-refractivity contribution < 1.29 is 18.0 Å². The summed E-state index contributed by atoms with van der Waals surface area (Å²) in [7, 11) is 0. The van der Waals surface area contributed by atoms with Gasteiger partial charge in [0.25, 0.3) is 0 Å². The van der Waals surface area contributed by atoms with E-state index in [0.29, 0.717) is 5.02 Å². The predicted octanol–water partition coefficient (Wildman–Crippen LogP) is 3.06. The normalized spacial score (nSPS) is 14.7. The van der Waals surface area contributed by atoms with Gasteiger partial charge in [-0.2, -0.15) is 13.2 Å². The summed E-state index contributed by atoms with van der Waals surface area (Å²) in [6, 6.07) is 6.06. The summed E-state index contributed by atoms with van der Waals surface area (Å²) in [5, 5.41) is 5.28. The molecule has 2 atom stereocenters. The van der Waals surface area contributed by atoms with Crippen molar-refractivity contribution in [1.29, 1.82) is 0 Å². The molecule has 0 bridgehead atoms. The highest BCUT2D eigenvalue weighted by Crippen LogP contribution is 2.22. The van der Waals surface area contributed by atoms with Gasteiger partial charge in [-0.25, -0.2) is 0 Å². The minimum absolute atomic E-state index is 0.254. The van der Waals surface area contributed by atoms with Gasteiger partial charge in [0.15, 0.2) is 0 Å². The Morgan fingerprint density at radius 2 is 1.90 bits per heavy atom. The van der Waals surface area contributed by atoms with Crippen LogP contribution in [0.15, 0.2) is 24.3 Å². The van der Waals surface area contributed by atoms with Crippen LogP contribution in [0.3, 0.4) is 0 Å². The van der Waals surface area contributed by atoms with E-state index in [1.54, 1.807) is 31.2 Å². The van der Waals surface area contributed by atoms with Gasteiger partial charge >= 0.3 is 6.18 Å².